The summed E-state index contributed by atoms with van der Waals surface area (Å²) in [5, 5.41) is 8.72. The molecule has 0 unspecified atom stereocenters. The molecule has 1 aromatic rings. The lowest BCUT2D eigenvalue weighted by Crippen LogP contribution is -2.27. The molecule has 2 N–H and O–H groups in total. The zero-order valence-corrected chi connectivity index (χ0v) is 9.97. The smallest absolute Gasteiger partial charge is 0.356 e. The van der Waals surface area contributed by atoms with Crippen molar-refractivity contribution < 1.29 is 23.1 Å². The molecule has 90 valence electrons. The number of sulfonamides is 1. The second kappa shape index (κ2) is 5.34. The van der Waals surface area contributed by atoms with Gasteiger partial charge in [0, 0.05) is 13.7 Å². The van der Waals surface area contributed by atoms with E-state index in [0.717, 1.165) is 11.3 Å². The molecule has 0 radical (unpaired) electrons. The first-order valence-corrected chi connectivity index (χ1v) is 6.50. The predicted octanol–water partition coefficient (Wildman–Crippen LogP) is -0.234. The molecule has 1 aromatic heterocycles. The van der Waals surface area contributed by atoms with Gasteiger partial charge in [0.05, 0.1) is 12.1 Å². The monoisotopic (exact) mass is 266 g/mol. The van der Waals surface area contributed by atoms with Crippen molar-refractivity contribution in [2.24, 2.45) is 0 Å². The molecule has 1 rings (SSSR count). The first-order chi connectivity index (χ1) is 7.49. The molecule has 0 aliphatic rings. The number of nitrogens with zero attached hydrogens (tertiary/aromatic N) is 1. The van der Waals surface area contributed by atoms with E-state index in [9.17, 15) is 13.2 Å². The molecule has 0 atom stereocenters. The minimum Gasteiger partial charge on any atom is -0.476 e. The summed E-state index contributed by atoms with van der Waals surface area (Å²) in [5.74, 6) is -1.37. The number of carbonyl (C=O) groups is 1. The Hall–Kier alpha value is -1.03. The molecule has 0 spiro atoms. The second-order valence-corrected chi connectivity index (χ2v) is 5.50. The number of rotatable bonds is 6. The van der Waals surface area contributed by atoms with Crippen molar-refractivity contribution in [3.63, 3.8) is 0 Å². The van der Waals surface area contributed by atoms with Gasteiger partial charge in [0.25, 0.3) is 10.0 Å². The third kappa shape index (κ3) is 2.98. The minimum absolute atomic E-state index is 0.0792. The Labute approximate surface area is 96.1 Å². The topological polar surface area (TPSA) is 106 Å². The van der Waals surface area contributed by atoms with Crippen LogP contribution in [-0.4, -0.2) is 44.7 Å². The summed E-state index contributed by atoms with van der Waals surface area (Å²) in [6, 6.07) is 0. The van der Waals surface area contributed by atoms with Gasteiger partial charge in [-0.2, -0.15) is 0 Å². The van der Waals surface area contributed by atoms with Crippen LogP contribution in [0.1, 0.15) is 10.5 Å². The maximum absolute atomic E-state index is 11.6. The van der Waals surface area contributed by atoms with Gasteiger partial charge in [-0.05, 0) is 0 Å². The molecular weight excluding hydrogens is 256 g/mol. The average molecular weight is 266 g/mol. The normalized spacial score (nSPS) is 11.6. The van der Waals surface area contributed by atoms with Crippen LogP contribution in [-0.2, 0) is 14.8 Å². The van der Waals surface area contributed by atoms with Crippen LogP contribution >= 0.6 is 11.3 Å². The van der Waals surface area contributed by atoms with Crippen LogP contribution in [0.2, 0.25) is 0 Å². The summed E-state index contributed by atoms with van der Waals surface area (Å²) in [6.45, 7) is 0.288. The van der Waals surface area contributed by atoms with Gasteiger partial charge in [0.2, 0.25) is 0 Å². The first-order valence-electron chi connectivity index (χ1n) is 4.14. The van der Waals surface area contributed by atoms with E-state index in [4.69, 9.17) is 5.11 Å². The number of hydrogen-bond donors (Lipinski definition) is 2. The van der Waals surface area contributed by atoms with Gasteiger partial charge in [0.15, 0.2) is 9.90 Å². The molecule has 0 fully saturated rings. The highest BCUT2D eigenvalue weighted by atomic mass is 32.2. The molecule has 0 saturated carbocycles. The summed E-state index contributed by atoms with van der Waals surface area (Å²) in [4.78, 5) is 14.2. The van der Waals surface area contributed by atoms with E-state index in [-0.39, 0.29) is 17.4 Å². The van der Waals surface area contributed by atoms with E-state index in [1.165, 1.54) is 12.6 Å². The van der Waals surface area contributed by atoms with E-state index in [1.54, 1.807) is 0 Å². The highest BCUT2D eigenvalue weighted by molar-refractivity contribution is 7.91. The fraction of sp³-hybridized carbons (Fsp3) is 0.429. The number of nitrogens with one attached hydrogen (secondary N) is 1. The van der Waals surface area contributed by atoms with Crippen LogP contribution in [0.5, 0.6) is 0 Å². The number of carboxylic acids is 1. The third-order valence-electron chi connectivity index (χ3n) is 1.58. The van der Waals surface area contributed by atoms with E-state index in [0.29, 0.717) is 0 Å². The molecule has 0 aromatic carbocycles. The van der Waals surface area contributed by atoms with Crippen LogP contribution in [0.3, 0.4) is 0 Å². The van der Waals surface area contributed by atoms with Crippen LogP contribution < -0.4 is 4.72 Å². The SMILES string of the molecule is COCCNS(=O)(=O)c1scnc1C(=O)O. The van der Waals surface area contributed by atoms with Crippen LogP contribution in [0.4, 0.5) is 0 Å². The Kier molecular flexibility index (Phi) is 4.35. The van der Waals surface area contributed by atoms with Gasteiger partial charge in [0.1, 0.15) is 0 Å². The maximum Gasteiger partial charge on any atom is 0.356 e. The van der Waals surface area contributed by atoms with Gasteiger partial charge in [-0.15, -0.1) is 11.3 Å². The van der Waals surface area contributed by atoms with Crippen molar-refractivity contribution >= 4 is 27.3 Å². The average Bonchev–Trinajstić information content (AvgIpc) is 2.66. The second-order valence-electron chi connectivity index (χ2n) is 2.68. The van der Waals surface area contributed by atoms with E-state index in [2.05, 4.69) is 14.4 Å². The Bertz CT molecular complexity index is 467. The number of thiazole rings is 1. The standard InChI is InChI=1S/C7H10N2O5S2/c1-14-3-2-9-16(12,13)7-5(6(10)11)8-4-15-7/h4,9H,2-3H2,1H3,(H,10,11). The summed E-state index contributed by atoms with van der Waals surface area (Å²) >= 11 is 0.760. The fourth-order valence-electron chi connectivity index (χ4n) is 0.912. The minimum atomic E-state index is -3.82. The lowest BCUT2D eigenvalue weighted by atomic mass is 10.5. The van der Waals surface area contributed by atoms with Gasteiger partial charge in [-0.3, -0.25) is 0 Å². The summed E-state index contributed by atoms with van der Waals surface area (Å²) in [5.41, 5.74) is 0.712. The largest absolute Gasteiger partial charge is 0.476 e. The quantitative estimate of drug-likeness (QED) is 0.689. The maximum atomic E-state index is 11.6. The fourth-order valence-corrected chi connectivity index (χ4v) is 3.11. The van der Waals surface area contributed by atoms with Gasteiger partial charge in [-0.25, -0.2) is 22.9 Å². The Morgan fingerprint density at radius 1 is 1.69 bits per heavy atom. The number of aromatic nitrogens is 1. The lowest BCUT2D eigenvalue weighted by molar-refractivity contribution is 0.0687. The van der Waals surface area contributed by atoms with Crippen molar-refractivity contribution in [2.75, 3.05) is 20.3 Å². The van der Waals surface area contributed by atoms with Crippen LogP contribution in [0.15, 0.2) is 9.72 Å². The highest BCUT2D eigenvalue weighted by Gasteiger charge is 2.24. The number of methoxy groups -OCH3 is 1. The van der Waals surface area contributed by atoms with Gasteiger partial charge < -0.3 is 9.84 Å². The van der Waals surface area contributed by atoms with Gasteiger partial charge in [-0.1, -0.05) is 0 Å². The number of carboxylic acid groups (broad SMARTS) is 1. The van der Waals surface area contributed by atoms with Crippen LogP contribution in [0.25, 0.3) is 0 Å². The zero-order valence-electron chi connectivity index (χ0n) is 8.34. The first kappa shape index (κ1) is 13.0. The number of aromatic carboxylic acids is 1. The van der Waals surface area contributed by atoms with E-state index < -0.39 is 21.7 Å². The Balaban J connectivity index is 2.90. The lowest BCUT2D eigenvalue weighted by Gasteiger charge is -2.04. The number of hydrogen-bond acceptors (Lipinski definition) is 6. The van der Waals surface area contributed by atoms with Crippen molar-refractivity contribution in [2.45, 2.75) is 4.21 Å². The Morgan fingerprint density at radius 3 is 2.94 bits per heavy atom. The molecule has 0 amide bonds. The van der Waals surface area contributed by atoms with E-state index >= 15 is 0 Å². The Morgan fingerprint density at radius 2 is 2.38 bits per heavy atom. The van der Waals surface area contributed by atoms with Crippen LogP contribution in [0, 0.1) is 0 Å². The summed E-state index contributed by atoms with van der Waals surface area (Å²) in [7, 11) is -2.39. The molecular formula is C7H10N2O5S2. The highest BCUT2D eigenvalue weighted by Crippen LogP contribution is 2.19. The molecule has 0 aliphatic carbocycles. The van der Waals surface area contributed by atoms with Gasteiger partial charge >= 0.3 is 5.97 Å². The van der Waals surface area contributed by atoms with Crippen molar-refractivity contribution in [3.8, 4) is 0 Å². The summed E-state index contributed by atoms with van der Waals surface area (Å²) < 4.78 is 29.9. The molecule has 7 nitrogen and oxygen atoms in total. The molecule has 1 heterocycles. The molecule has 0 bridgehead atoms. The zero-order chi connectivity index (χ0) is 12.2. The molecule has 0 saturated heterocycles. The number of ether oxygens (including phenoxy) is 1. The van der Waals surface area contributed by atoms with Crippen molar-refractivity contribution in [1.82, 2.24) is 9.71 Å². The summed E-state index contributed by atoms with van der Waals surface area (Å²) in [6.07, 6.45) is 0. The van der Waals surface area contributed by atoms with Crippen molar-refractivity contribution in [3.05, 3.63) is 11.2 Å². The molecule has 16 heavy (non-hydrogen) atoms. The molecule has 9 heteroatoms. The van der Waals surface area contributed by atoms with Crippen molar-refractivity contribution in [1.29, 1.82) is 0 Å². The third-order valence-corrected chi connectivity index (χ3v) is 4.41. The van der Waals surface area contributed by atoms with E-state index in [1.807, 2.05) is 0 Å². The molecule has 0 aliphatic heterocycles. The predicted molar refractivity (Wildman–Crippen MR) is 56.1 cm³/mol.